The molecule has 0 aromatic carbocycles. The van der Waals surface area contributed by atoms with E-state index in [4.69, 9.17) is 9.47 Å². The lowest BCUT2D eigenvalue weighted by Crippen LogP contribution is -2.42. The fourth-order valence-electron chi connectivity index (χ4n) is 4.13. The molecule has 1 aromatic heterocycles. The molecule has 1 aliphatic heterocycles. The third kappa shape index (κ3) is 8.74. The van der Waals surface area contributed by atoms with Gasteiger partial charge in [0.15, 0.2) is 0 Å². The summed E-state index contributed by atoms with van der Waals surface area (Å²) in [4.78, 5) is 30.2. The fraction of sp³-hybridized carbons (Fsp3) is 0.640. The van der Waals surface area contributed by atoms with Crippen molar-refractivity contribution in [3.05, 3.63) is 30.0 Å². The number of aromatic nitrogens is 1. The normalized spacial score (nSPS) is 19.7. The molecule has 1 aromatic rings. The van der Waals surface area contributed by atoms with Crippen molar-refractivity contribution in [2.75, 3.05) is 26.2 Å². The molecule has 1 saturated heterocycles. The second-order valence-electron chi connectivity index (χ2n) is 10.1. The van der Waals surface area contributed by atoms with Crippen LogP contribution in [0.25, 0.3) is 5.57 Å². The lowest BCUT2D eigenvalue weighted by Gasteiger charge is -2.33. The number of hydrogen-bond acceptors (Lipinski definition) is 5. The standard InChI is InChI=1S/C25H34F3N3O4/c1-24(2,3)35-23(33)31-12-10-17(11-13-31)15-34-21-9-8-20(14-29-21)18-4-6-19(7-5-18)22(32)30-16-25(26,27)28/h4,8-9,14,17,19H,5-7,10-13,15-16H2,1-3H3,(H,30,32). The Kier molecular flexibility index (Phi) is 8.66. The molecule has 2 heterocycles. The first-order valence-electron chi connectivity index (χ1n) is 12.0. The van der Waals surface area contributed by atoms with Crippen LogP contribution in [-0.4, -0.2) is 59.9 Å². The van der Waals surface area contributed by atoms with Crippen molar-refractivity contribution in [2.45, 2.75) is 64.7 Å². The molecule has 3 rings (SSSR count). The number of likely N-dealkylation sites (tertiary alicyclic amines) is 1. The zero-order valence-corrected chi connectivity index (χ0v) is 20.5. The maximum absolute atomic E-state index is 12.3. The number of nitrogens with zero attached hydrogens (tertiary/aromatic N) is 2. The van der Waals surface area contributed by atoms with Gasteiger partial charge in [0, 0.05) is 31.3 Å². The van der Waals surface area contributed by atoms with Crippen LogP contribution in [0.5, 0.6) is 5.88 Å². The zero-order chi connectivity index (χ0) is 25.6. The summed E-state index contributed by atoms with van der Waals surface area (Å²) in [5, 5.41) is 1.96. The van der Waals surface area contributed by atoms with Gasteiger partial charge in [0.05, 0.1) is 6.61 Å². The highest BCUT2D eigenvalue weighted by Crippen LogP contribution is 2.31. The molecule has 0 spiro atoms. The number of alkyl halides is 3. The Hall–Kier alpha value is -2.78. The molecule has 1 unspecified atom stereocenters. The van der Waals surface area contributed by atoms with E-state index in [9.17, 15) is 22.8 Å². The van der Waals surface area contributed by atoms with Gasteiger partial charge in [-0.05, 0) is 76.0 Å². The Morgan fingerprint density at radius 3 is 2.40 bits per heavy atom. The number of amides is 2. The summed E-state index contributed by atoms with van der Waals surface area (Å²) in [5.74, 6) is -0.157. The smallest absolute Gasteiger partial charge is 0.410 e. The van der Waals surface area contributed by atoms with Crippen molar-refractivity contribution < 1.29 is 32.2 Å². The first-order chi connectivity index (χ1) is 16.4. The maximum Gasteiger partial charge on any atom is 0.410 e. The first kappa shape index (κ1) is 26.8. The largest absolute Gasteiger partial charge is 0.477 e. The van der Waals surface area contributed by atoms with Crippen molar-refractivity contribution in [1.82, 2.24) is 15.2 Å². The highest BCUT2D eigenvalue weighted by molar-refractivity contribution is 5.80. The maximum atomic E-state index is 12.3. The number of nitrogens with one attached hydrogen (secondary N) is 1. The van der Waals surface area contributed by atoms with Crippen molar-refractivity contribution in [2.24, 2.45) is 11.8 Å². The molecule has 35 heavy (non-hydrogen) atoms. The Balaban J connectivity index is 1.41. The van der Waals surface area contributed by atoms with Gasteiger partial charge in [0.25, 0.3) is 0 Å². The number of piperidine rings is 1. The van der Waals surface area contributed by atoms with E-state index in [2.05, 4.69) is 4.98 Å². The summed E-state index contributed by atoms with van der Waals surface area (Å²) in [6, 6.07) is 3.71. The molecule has 7 nitrogen and oxygen atoms in total. The number of carbonyl (C=O) groups is 2. The molecule has 1 atom stereocenters. The van der Waals surface area contributed by atoms with E-state index in [1.807, 2.05) is 38.2 Å². The molecule has 0 saturated carbocycles. The number of ether oxygens (including phenoxy) is 2. The van der Waals surface area contributed by atoms with E-state index < -0.39 is 30.1 Å². The monoisotopic (exact) mass is 497 g/mol. The van der Waals surface area contributed by atoms with Crippen molar-refractivity contribution in [3.63, 3.8) is 0 Å². The summed E-state index contributed by atoms with van der Waals surface area (Å²) >= 11 is 0. The van der Waals surface area contributed by atoms with Gasteiger partial charge in [-0.3, -0.25) is 4.79 Å². The summed E-state index contributed by atoms with van der Waals surface area (Å²) in [6.45, 7) is 6.06. The molecule has 0 bridgehead atoms. The molecule has 2 aliphatic rings. The second kappa shape index (κ2) is 11.3. The molecular formula is C25H34F3N3O4. The minimum atomic E-state index is -4.40. The van der Waals surface area contributed by atoms with E-state index >= 15 is 0 Å². The van der Waals surface area contributed by atoms with Crippen LogP contribution in [0.15, 0.2) is 24.4 Å². The van der Waals surface area contributed by atoms with E-state index in [-0.39, 0.29) is 6.09 Å². The SMILES string of the molecule is CC(C)(C)OC(=O)N1CCC(COc2ccc(C3=CCC(C(=O)NCC(F)(F)F)CC3)cn2)CC1. The number of allylic oxidation sites excluding steroid dienone is 2. The molecule has 1 N–H and O–H groups in total. The Morgan fingerprint density at radius 2 is 1.86 bits per heavy atom. The van der Waals surface area contributed by atoms with Crippen LogP contribution < -0.4 is 10.1 Å². The zero-order valence-electron chi connectivity index (χ0n) is 20.5. The van der Waals surface area contributed by atoms with Gasteiger partial charge in [0.2, 0.25) is 11.8 Å². The lowest BCUT2D eigenvalue weighted by molar-refractivity contribution is -0.140. The van der Waals surface area contributed by atoms with Crippen LogP contribution >= 0.6 is 0 Å². The lowest BCUT2D eigenvalue weighted by atomic mass is 9.86. The third-order valence-corrected chi connectivity index (χ3v) is 6.09. The van der Waals surface area contributed by atoms with Gasteiger partial charge >= 0.3 is 12.3 Å². The van der Waals surface area contributed by atoms with Crippen LogP contribution in [0.4, 0.5) is 18.0 Å². The van der Waals surface area contributed by atoms with Crippen LogP contribution in [0.1, 0.15) is 58.4 Å². The van der Waals surface area contributed by atoms with Crippen molar-refractivity contribution in [1.29, 1.82) is 0 Å². The third-order valence-electron chi connectivity index (χ3n) is 6.09. The Morgan fingerprint density at radius 1 is 1.14 bits per heavy atom. The Labute approximate surface area is 204 Å². The molecular weight excluding hydrogens is 463 g/mol. The average Bonchev–Trinajstić information content (AvgIpc) is 2.80. The predicted molar refractivity (Wildman–Crippen MR) is 125 cm³/mol. The second-order valence-corrected chi connectivity index (χ2v) is 10.1. The van der Waals surface area contributed by atoms with Gasteiger partial charge in [0.1, 0.15) is 12.1 Å². The molecule has 2 amide bonds. The summed E-state index contributed by atoms with van der Waals surface area (Å²) in [7, 11) is 0. The molecule has 1 aliphatic carbocycles. The van der Waals surface area contributed by atoms with Crippen molar-refractivity contribution in [3.8, 4) is 5.88 Å². The van der Waals surface area contributed by atoms with Gasteiger partial charge in [-0.2, -0.15) is 13.2 Å². The molecule has 10 heteroatoms. The Bertz CT molecular complexity index is 902. The number of pyridine rings is 1. The van der Waals surface area contributed by atoms with Gasteiger partial charge in [-0.25, -0.2) is 9.78 Å². The van der Waals surface area contributed by atoms with E-state index in [1.54, 1.807) is 17.2 Å². The summed E-state index contributed by atoms with van der Waals surface area (Å²) < 4.78 is 48.2. The summed E-state index contributed by atoms with van der Waals surface area (Å²) in [6.07, 6.45) is 2.10. The van der Waals surface area contributed by atoms with E-state index in [0.29, 0.717) is 50.8 Å². The van der Waals surface area contributed by atoms with Crippen LogP contribution in [0, 0.1) is 11.8 Å². The summed E-state index contributed by atoms with van der Waals surface area (Å²) in [5.41, 5.74) is 1.44. The molecule has 1 fully saturated rings. The van der Waals surface area contributed by atoms with Crippen LogP contribution in [-0.2, 0) is 9.53 Å². The van der Waals surface area contributed by atoms with Gasteiger partial charge in [-0.1, -0.05) is 6.08 Å². The number of carbonyl (C=O) groups excluding carboxylic acids is 2. The highest BCUT2D eigenvalue weighted by Gasteiger charge is 2.30. The highest BCUT2D eigenvalue weighted by atomic mass is 19.4. The topological polar surface area (TPSA) is 80.8 Å². The molecule has 194 valence electrons. The quantitative estimate of drug-likeness (QED) is 0.600. The van der Waals surface area contributed by atoms with E-state index in [1.165, 1.54) is 0 Å². The minimum absolute atomic E-state index is 0.278. The molecule has 0 radical (unpaired) electrons. The van der Waals surface area contributed by atoms with Gasteiger partial charge in [-0.15, -0.1) is 0 Å². The number of hydrogen-bond donors (Lipinski definition) is 1. The average molecular weight is 498 g/mol. The minimum Gasteiger partial charge on any atom is -0.477 e. The number of rotatable bonds is 6. The van der Waals surface area contributed by atoms with E-state index in [0.717, 1.165) is 24.0 Å². The van der Waals surface area contributed by atoms with Crippen LogP contribution in [0.2, 0.25) is 0 Å². The predicted octanol–water partition coefficient (Wildman–Crippen LogP) is 4.97. The van der Waals surface area contributed by atoms with Gasteiger partial charge < -0.3 is 19.7 Å². The first-order valence-corrected chi connectivity index (χ1v) is 12.0. The van der Waals surface area contributed by atoms with Crippen LogP contribution in [0.3, 0.4) is 0 Å². The fourth-order valence-corrected chi connectivity index (χ4v) is 4.13. The van der Waals surface area contributed by atoms with Crippen molar-refractivity contribution >= 4 is 17.6 Å². The number of halogens is 3.